The second-order valence-corrected chi connectivity index (χ2v) is 5.28. The Morgan fingerprint density at radius 2 is 1.46 bits per heavy atom. The normalized spacial score (nSPS) is 9.92. The summed E-state index contributed by atoms with van der Waals surface area (Å²) in [7, 11) is 2.96. The second kappa shape index (κ2) is 9.93. The molecule has 2 aromatic carbocycles. The van der Waals surface area contributed by atoms with Crippen molar-refractivity contribution in [2.75, 3.05) is 27.3 Å². The van der Waals surface area contributed by atoms with Crippen LogP contribution in [0.2, 0.25) is 0 Å². The Balaban J connectivity index is 1.76. The van der Waals surface area contributed by atoms with Gasteiger partial charge in [-0.1, -0.05) is 36.4 Å². The van der Waals surface area contributed by atoms with E-state index >= 15 is 0 Å². The number of hydrogen-bond acceptors (Lipinski definition) is 5. The third kappa shape index (κ3) is 5.41. The van der Waals surface area contributed by atoms with Crippen LogP contribution in [-0.2, 0) is 11.3 Å². The number of benzene rings is 2. The van der Waals surface area contributed by atoms with Crippen LogP contribution in [0, 0.1) is 0 Å². The fourth-order valence-corrected chi connectivity index (χ4v) is 2.28. The van der Waals surface area contributed by atoms with E-state index < -0.39 is 6.09 Å². The van der Waals surface area contributed by atoms with E-state index in [-0.39, 0.29) is 25.6 Å². The van der Waals surface area contributed by atoms with E-state index in [4.69, 9.17) is 14.2 Å². The number of nitrogens with one attached hydrogen (secondary N) is 2. The number of amides is 2. The Morgan fingerprint density at radius 3 is 2.08 bits per heavy atom. The minimum atomic E-state index is -0.544. The first-order valence-corrected chi connectivity index (χ1v) is 8.09. The average molecular weight is 358 g/mol. The molecular weight excluding hydrogens is 336 g/mol. The molecule has 7 nitrogen and oxygen atoms in total. The highest BCUT2D eigenvalue weighted by Crippen LogP contribution is 2.27. The SMILES string of the molecule is COc1cccc(OC)c1C(=O)NCCNC(=O)OCc1ccccc1. The molecule has 2 amide bonds. The molecule has 0 atom stereocenters. The van der Waals surface area contributed by atoms with Crippen LogP contribution in [0.5, 0.6) is 11.5 Å². The summed E-state index contributed by atoms with van der Waals surface area (Å²) in [6.07, 6.45) is -0.544. The third-order valence-electron chi connectivity index (χ3n) is 3.55. The average Bonchev–Trinajstić information content (AvgIpc) is 2.69. The zero-order valence-electron chi connectivity index (χ0n) is 14.8. The van der Waals surface area contributed by atoms with Gasteiger partial charge in [-0.05, 0) is 17.7 Å². The first kappa shape index (κ1) is 19.1. The molecule has 138 valence electrons. The Hall–Kier alpha value is -3.22. The van der Waals surface area contributed by atoms with Gasteiger partial charge < -0.3 is 24.8 Å². The van der Waals surface area contributed by atoms with Crippen LogP contribution in [0.15, 0.2) is 48.5 Å². The van der Waals surface area contributed by atoms with Gasteiger partial charge in [-0.3, -0.25) is 4.79 Å². The van der Waals surface area contributed by atoms with Crippen LogP contribution >= 0.6 is 0 Å². The summed E-state index contributed by atoms with van der Waals surface area (Å²) in [6.45, 7) is 0.661. The summed E-state index contributed by atoms with van der Waals surface area (Å²) < 4.78 is 15.5. The number of ether oxygens (including phenoxy) is 3. The Bertz CT molecular complexity index is 712. The summed E-state index contributed by atoms with van der Waals surface area (Å²) in [5, 5.41) is 5.29. The van der Waals surface area contributed by atoms with Crippen LogP contribution in [-0.4, -0.2) is 39.3 Å². The maximum atomic E-state index is 12.3. The molecule has 0 unspecified atom stereocenters. The highest BCUT2D eigenvalue weighted by molar-refractivity contribution is 5.99. The quantitative estimate of drug-likeness (QED) is 0.708. The minimum Gasteiger partial charge on any atom is -0.496 e. The van der Waals surface area contributed by atoms with Crippen molar-refractivity contribution in [3.05, 3.63) is 59.7 Å². The van der Waals surface area contributed by atoms with Crippen molar-refractivity contribution < 1.29 is 23.8 Å². The number of rotatable bonds is 8. The zero-order chi connectivity index (χ0) is 18.8. The maximum absolute atomic E-state index is 12.3. The molecule has 7 heteroatoms. The Labute approximate surface area is 152 Å². The summed E-state index contributed by atoms with van der Waals surface area (Å²) >= 11 is 0. The fourth-order valence-electron chi connectivity index (χ4n) is 2.28. The second-order valence-electron chi connectivity index (χ2n) is 5.28. The first-order chi connectivity index (χ1) is 12.7. The topological polar surface area (TPSA) is 85.9 Å². The predicted molar refractivity (Wildman–Crippen MR) is 96.5 cm³/mol. The number of carbonyl (C=O) groups is 2. The first-order valence-electron chi connectivity index (χ1n) is 8.09. The highest BCUT2D eigenvalue weighted by atomic mass is 16.5. The van der Waals surface area contributed by atoms with Crippen LogP contribution < -0.4 is 20.1 Å². The Kier molecular flexibility index (Phi) is 7.30. The zero-order valence-corrected chi connectivity index (χ0v) is 14.8. The molecule has 2 aromatic rings. The molecule has 2 N–H and O–H groups in total. The van der Waals surface area contributed by atoms with E-state index in [2.05, 4.69) is 10.6 Å². The summed E-state index contributed by atoms with van der Waals surface area (Å²) in [5.74, 6) is 0.480. The molecule has 0 aliphatic heterocycles. The van der Waals surface area contributed by atoms with Gasteiger partial charge in [0.05, 0.1) is 14.2 Å². The molecule has 26 heavy (non-hydrogen) atoms. The molecular formula is C19H22N2O5. The van der Waals surface area contributed by atoms with Gasteiger partial charge in [0.1, 0.15) is 23.7 Å². The van der Waals surface area contributed by atoms with Gasteiger partial charge in [0.15, 0.2) is 0 Å². The van der Waals surface area contributed by atoms with Gasteiger partial charge >= 0.3 is 6.09 Å². The van der Waals surface area contributed by atoms with E-state index in [0.29, 0.717) is 17.1 Å². The number of hydrogen-bond donors (Lipinski definition) is 2. The van der Waals surface area contributed by atoms with Crippen LogP contribution in [0.4, 0.5) is 4.79 Å². The molecule has 0 saturated carbocycles. The molecule has 0 aliphatic rings. The molecule has 0 saturated heterocycles. The lowest BCUT2D eigenvalue weighted by atomic mass is 10.1. The fraction of sp³-hybridized carbons (Fsp3) is 0.263. The molecule has 2 rings (SSSR count). The molecule has 0 radical (unpaired) electrons. The van der Waals surface area contributed by atoms with Crippen molar-refractivity contribution in [2.45, 2.75) is 6.61 Å². The van der Waals surface area contributed by atoms with E-state index in [0.717, 1.165) is 5.56 Å². The van der Waals surface area contributed by atoms with Gasteiger partial charge in [-0.2, -0.15) is 0 Å². The lowest BCUT2D eigenvalue weighted by Gasteiger charge is -2.13. The number of carbonyl (C=O) groups excluding carboxylic acids is 2. The number of methoxy groups -OCH3 is 2. The van der Waals surface area contributed by atoms with Gasteiger partial charge in [0.2, 0.25) is 0 Å². The molecule has 0 spiro atoms. The van der Waals surface area contributed by atoms with Crippen molar-refractivity contribution in [1.82, 2.24) is 10.6 Å². The predicted octanol–water partition coefficient (Wildman–Crippen LogP) is 2.36. The van der Waals surface area contributed by atoms with Crippen molar-refractivity contribution in [1.29, 1.82) is 0 Å². The van der Waals surface area contributed by atoms with Crippen molar-refractivity contribution in [3.63, 3.8) is 0 Å². The van der Waals surface area contributed by atoms with Crippen molar-refractivity contribution in [3.8, 4) is 11.5 Å². The molecule has 0 fully saturated rings. The lowest BCUT2D eigenvalue weighted by molar-refractivity contribution is 0.0945. The molecule has 0 aromatic heterocycles. The monoisotopic (exact) mass is 358 g/mol. The molecule has 0 aliphatic carbocycles. The molecule has 0 heterocycles. The maximum Gasteiger partial charge on any atom is 0.407 e. The van der Waals surface area contributed by atoms with Gasteiger partial charge in [-0.25, -0.2) is 4.79 Å². The van der Waals surface area contributed by atoms with Gasteiger partial charge in [0, 0.05) is 13.1 Å². The van der Waals surface area contributed by atoms with E-state index in [9.17, 15) is 9.59 Å². The van der Waals surface area contributed by atoms with Crippen molar-refractivity contribution in [2.24, 2.45) is 0 Å². The highest BCUT2D eigenvalue weighted by Gasteiger charge is 2.17. The van der Waals surface area contributed by atoms with Gasteiger partial charge in [-0.15, -0.1) is 0 Å². The summed E-state index contributed by atoms with van der Waals surface area (Å²) in [6, 6.07) is 14.5. The summed E-state index contributed by atoms with van der Waals surface area (Å²) in [5.41, 5.74) is 1.21. The van der Waals surface area contributed by atoms with E-state index in [1.165, 1.54) is 14.2 Å². The van der Waals surface area contributed by atoms with E-state index in [1.807, 2.05) is 30.3 Å². The van der Waals surface area contributed by atoms with Crippen LogP contribution in [0.1, 0.15) is 15.9 Å². The molecule has 0 bridgehead atoms. The van der Waals surface area contributed by atoms with Gasteiger partial charge in [0.25, 0.3) is 5.91 Å². The summed E-state index contributed by atoms with van der Waals surface area (Å²) in [4.78, 5) is 24.0. The van der Waals surface area contributed by atoms with E-state index in [1.54, 1.807) is 18.2 Å². The number of alkyl carbamates (subject to hydrolysis) is 1. The van der Waals surface area contributed by atoms with Crippen LogP contribution in [0.3, 0.4) is 0 Å². The Morgan fingerprint density at radius 1 is 0.846 bits per heavy atom. The van der Waals surface area contributed by atoms with Crippen LogP contribution in [0.25, 0.3) is 0 Å². The largest absolute Gasteiger partial charge is 0.496 e. The smallest absolute Gasteiger partial charge is 0.407 e. The third-order valence-corrected chi connectivity index (χ3v) is 3.55. The standard InChI is InChI=1S/C19H22N2O5/c1-24-15-9-6-10-16(25-2)17(15)18(22)20-11-12-21-19(23)26-13-14-7-4-3-5-8-14/h3-10H,11-13H2,1-2H3,(H,20,22)(H,21,23). The minimum absolute atomic E-state index is 0.192. The van der Waals surface area contributed by atoms with Crippen molar-refractivity contribution >= 4 is 12.0 Å². The lowest BCUT2D eigenvalue weighted by Crippen LogP contribution is -2.35.